The van der Waals surface area contributed by atoms with Crippen LogP contribution in [0.3, 0.4) is 0 Å². The van der Waals surface area contributed by atoms with Gasteiger partial charge in [0.1, 0.15) is 0 Å². The first-order valence-corrected chi connectivity index (χ1v) is 15.7. The number of hydrogen-bond acceptors (Lipinski definition) is 3. The number of carbonyl (C=O) groups excluding carboxylic acids is 2. The number of hydrogen-bond donors (Lipinski definition) is 1. The minimum absolute atomic E-state index is 0.0185. The average Bonchev–Trinajstić information content (AvgIpc) is 3.00. The second kappa shape index (κ2) is 13.8. The molecule has 2 amide bonds. The molecule has 0 aliphatic carbocycles. The quantitative estimate of drug-likeness (QED) is 0.319. The molecule has 2 aliphatic heterocycles. The van der Waals surface area contributed by atoms with Crippen LogP contribution >= 0.6 is 23.2 Å². The standard InChI is InChI=1S/C32H42Cl2F3N4O2/c1-39(2)30(43)31(13-15-38-16-14-31)41(17-5-4-6-18-41)19-12-25(23-10-11-27(33)28(34)21-23)22-40(3)29(42)24-8-7-9-26(20-24)32(35,36)37/h7-11,20-21,25,38H,4-6,12-19,22H2,1-3H3/q+1. The molecular weight excluding hydrogens is 600 g/mol. The van der Waals surface area contributed by atoms with Gasteiger partial charge in [-0.15, -0.1) is 0 Å². The maximum Gasteiger partial charge on any atom is 0.416 e. The van der Waals surface area contributed by atoms with E-state index < -0.39 is 23.2 Å². The molecular formula is C32H42Cl2F3N4O2+. The second-order valence-electron chi connectivity index (χ2n) is 12.3. The molecule has 11 heteroatoms. The molecule has 2 aromatic carbocycles. The van der Waals surface area contributed by atoms with Gasteiger partial charge in [0.05, 0.1) is 35.2 Å². The Morgan fingerprint density at radius 2 is 1.65 bits per heavy atom. The van der Waals surface area contributed by atoms with Crippen LogP contribution in [0.25, 0.3) is 0 Å². The number of piperidine rings is 2. The molecule has 0 spiro atoms. The molecule has 4 rings (SSSR count). The van der Waals surface area contributed by atoms with Crippen molar-refractivity contribution in [2.24, 2.45) is 0 Å². The van der Waals surface area contributed by atoms with Crippen LogP contribution < -0.4 is 5.32 Å². The number of quaternary nitrogens is 1. The van der Waals surface area contributed by atoms with Gasteiger partial charge in [-0.1, -0.05) is 35.3 Å². The molecule has 1 atom stereocenters. The molecule has 43 heavy (non-hydrogen) atoms. The zero-order valence-corrected chi connectivity index (χ0v) is 26.7. The predicted molar refractivity (Wildman–Crippen MR) is 164 cm³/mol. The highest BCUT2D eigenvalue weighted by atomic mass is 35.5. The van der Waals surface area contributed by atoms with E-state index in [2.05, 4.69) is 5.32 Å². The van der Waals surface area contributed by atoms with Crippen LogP contribution in [-0.2, 0) is 11.0 Å². The summed E-state index contributed by atoms with van der Waals surface area (Å²) in [5, 5.41) is 4.25. The average molecular weight is 643 g/mol. The van der Waals surface area contributed by atoms with E-state index in [-0.39, 0.29) is 23.9 Å². The van der Waals surface area contributed by atoms with E-state index in [1.807, 2.05) is 26.2 Å². The summed E-state index contributed by atoms with van der Waals surface area (Å²) in [5.74, 6) is -0.505. The van der Waals surface area contributed by atoms with Gasteiger partial charge in [0.25, 0.3) is 11.8 Å². The van der Waals surface area contributed by atoms with Gasteiger partial charge in [-0.2, -0.15) is 13.2 Å². The number of nitrogens with zero attached hydrogens (tertiary/aromatic N) is 3. The summed E-state index contributed by atoms with van der Waals surface area (Å²) in [6.45, 7) is 4.38. The third kappa shape index (κ3) is 7.32. The molecule has 6 nitrogen and oxygen atoms in total. The topological polar surface area (TPSA) is 52.7 Å². The molecule has 236 valence electrons. The molecule has 0 bridgehead atoms. The lowest BCUT2D eigenvalue weighted by Crippen LogP contribution is -2.74. The van der Waals surface area contributed by atoms with E-state index >= 15 is 0 Å². The zero-order valence-electron chi connectivity index (χ0n) is 25.2. The molecule has 0 aromatic heterocycles. The lowest BCUT2D eigenvalue weighted by molar-refractivity contribution is -0.972. The van der Waals surface area contributed by atoms with Crippen LogP contribution in [0.1, 0.15) is 65.9 Å². The van der Waals surface area contributed by atoms with Crippen LogP contribution in [0.15, 0.2) is 42.5 Å². The van der Waals surface area contributed by atoms with E-state index in [0.29, 0.717) is 20.9 Å². The van der Waals surface area contributed by atoms with Gasteiger partial charge in [0.2, 0.25) is 0 Å². The van der Waals surface area contributed by atoms with Gasteiger partial charge in [-0.25, -0.2) is 0 Å². The first-order valence-electron chi connectivity index (χ1n) is 15.0. The number of amides is 2. The van der Waals surface area contributed by atoms with E-state index in [4.69, 9.17) is 23.2 Å². The van der Waals surface area contributed by atoms with Crippen LogP contribution in [-0.4, -0.2) is 92.0 Å². The van der Waals surface area contributed by atoms with E-state index in [1.54, 1.807) is 18.0 Å². The third-order valence-electron chi connectivity index (χ3n) is 9.41. The number of alkyl halides is 3. The van der Waals surface area contributed by atoms with Crippen molar-refractivity contribution in [3.05, 3.63) is 69.2 Å². The number of rotatable bonds is 9. The van der Waals surface area contributed by atoms with Crippen LogP contribution in [0, 0.1) is 0 Å². The van der Waals surface area contributed by atoms with Crippen molar-refractivity contribution in [2.75, 3.05) is 60.4 Å². The number of carbonyl (C=O) groups is 2. The fourth-order valence-electron chi connectivity index (χ4n) is 7.13. The maximum atomic E-state index is 14.0. The Labute approximate surface area is 262 Å². The minimum Gasteiger partial charge on any atom is -0.343 e. The molecule has 0 radical (unpaired) electrons. The Bertz CT molecular complexity index is 1290. The number of likely N-dealkylation sites (tertiary alicyclic amines) is 1. The lowest BCUT2D eigenvalue weighted by Gasteiger charge is -2.56. The molecule has 2 saturated heterocycles. The predicted octanol–water partition coefficient (Wildman–Crippen LogP) is 6.47. The molecule has 2 heterocycles. The molecule has 1 N–H and O–H groups in total. The van der Waals surface area contributed by atoms with Crippen molar-refractivity contribution < 1.29 is 27.2 Å². The van der Waals surface area contributed by atoms with Crippen LogP contribution in [0.4, 0.5) is 13.2 Å². The van der Waals surface area contributed by atoms with Gasteiger partial charge < -0.3 is 19.6 Å². The Hall–Kier alpha value is -2.33. The van der Waals surface area contributed by atoms with Gasteiger partial charge in [0, 0.05) is 71.5 Å². The van der Waals surface area contributed by atoms with Crippen LogP contribution in [0.2, 0.25) is 10.0 Å². The van der Waals surface area contributed by atoms with Crippen molar-refractivity contribution in [2.45, 2.75) is 56.2 Å². The van der Waals surface area contributed by atoms with E-state index in [9.17, 15) is 22.8 Å². The van der Waals surface area contributed by atoms with Gasteiger partial charge in [-0.05, 0) is 55.2 Å². The SMILES string of the molecule is CN(C)C(=O)C1([N+]2(CCC(CN(C)C(=O)c3cccc(C(F)(F)F)c3)c3ccc(Cl)c(Cl)c3)CCCCC2)CCNCC1. The molecule has 0 saturated carbocycles. The van der Waals surface area contributed by atoms with E-state index in [1.165, 1.54) is 17.0 Å². The Morgan fingerprint density at radius 3 is 2.26 bits per heavy atom. The molecule has 1 unspecified atom stereocenters. The van der Waals surface area contributed by atoms with Crippen molar-refractivity contribution >= 4 is 35.0 Å². The Kier molecular flexibility index (Phi) is 10.7. The summed E-state index contributed by atoms with van der Waals surface area (Å²) < 4.78 is 40.8. The zero-order chi connectivity index (χ0) is 31.4. The normalized spacial score (nSPS) is 19.0. The largest absolute Gasteiger partial charge is 0.416 e. The summed E-state index contributed by atoms with van der Waals surface area (Å²) in [4.78, 5) is 30.6. The lowest BCUT2D eigenvalue weighted by atomic mass is 9.79. The Morgan fingerprint density at radius 1 is 0.977 bits per heavy atom. The number of benzene rings is 2. The number of nitrogens with one attached hydrogen (secondary N) is 1. The highest BCUT2D eigenvalue weighted by molar-refractivity contribution is 6.42. The van der Waals surface area contributed by atoms with Gasteiger partial charge >= 0.3 is 6.18 Å². The minimum atomic E-state index is -4.54. The first-order chi connectivity index (χ1) is 20.3. The smallest absolute Gasteiger partial charge is 0.343 e. The van der Waals surface area contributed by atoms with Crippen molar-refractivity contribution in [1.82, 2.24) is 15.1 Å². The molecule has 2 aromatic rings. The first kappa shape index (κ1) is 33.6. The second-order valence-corrected chi connectivity index (χ2v) is 13.1. The number of halogens is 5. The Balaban J connectivity index is 1.66. The molecule has 2 aliphatic rings. The van der Waals surface area contributed by atoms with Crippen molar-refractivity contribution in [3.63, 3.8) is 0 Å². The summed E-state index contributed by atoms with van der Waals surface area (Å²) >= 11 is 12.7. The molecule has 2 fully saturated rings. The maximum absolute atomic E-state index is 14.0. The van der Waals surface area contributed by atoms with Crippen molar-refractivity contribution in [1.29, 1.82) is 0 Å². The number of likely N-dealkylation sites (N-methyl/N-ethyl adjacent to an activating group) is 2. The summed E-state index contributed by atoms with van der Waals surface area (Å²) in [7, 11) is 5.28. The third-order valence-corrected chi connectivity index (χ3v) is 10.2. The van der Waals surface area contributed by atoms with E-state index in [0.717, 1.165) is 82.5 Å². The van der Waals surface area contributed by atoms with Crippen LogP contribution in [0.5, 0.6) is 0 Å². The summed E-state index contributed by atoms with van der Waals surface area (Å²) in [6, 6.07) is 9.96. The fourth-order valence-corrected chi connectivity index (χ4v) is 7.43. The van der Waals surface area contributed by atoms with Gasteiger partial charge in [-0.3, -0.25) is 9.59 Å². The van der Waals surface area contributed by atoms with Crippen molar-refractivity contribution in [3.8, 4) is 0 Å². The van der Waals surface area contributed by atoms with Gasteiger partial charge in [0.15, 0.2) is 5.54 Å². The highest BCUT2D eigenvalue weighted by Crippen LogP contribution is 2.41. The fraction of sp³-hybridized carbons (Fsp3) is 0.562. The summed E-state index contributed by atoms with van der Waals surface area (Å²) in [6.07, 6.45) is 0.856. The summed E-state index contributed by atoms with van der Waals surface area (Å²) in [5.41, 5.74) is -0.513. The monoisotopic (exact) mass is 641 g/mol. The highest BCUT2D eigenvalue weighted by Gasteiger charge is 2.57.